The van der Waals surface area contributed by atoms with Crippen molar-refractivity contribution in [1.29, 1.82) is 5.41 Å². The summed E-state index contributed by atoms with van der Waals surface area (Å²) < 4.78 is 9.42. The van der Waals surface area contributed by atoms with Crippen molar-refractivity contribution in [3.8, 4) is 0 Å². The first-order valence-corrected chi connectivity index (χ1v) is 9.87. The predicted octanol–water partition coefficient (Wildman–Crippen LogP) is 6.32. The van der Waals surface area contributed by atoms with Gasteiger partial charge in [-0.25, -0.2) is 4.79 Å². The van der Waals surface area contributed by atoms with E-state index in [0.717, 1.165) is 16.8 Å². The quantitative estimate of drug-likeness (QED) is 0.362. The minimum Gasteiger partial charge on any atom is -0.475 e. The first-order valence-electron chi connectivity index (χ1n) is 9.87. The molecule has 0 saturated carbocycles. The predicted molar refractivity (Wildman–Crippen MR) is 126 cm³/mol. The first-order chi connectivity index (χ1) is 14.4. The summed E-state index contributed by atoms with van der Waals surface area (Å²) in [6, 6.07) is 8.97. The summed E-state index contributed by atoms with van der Waals surface area (Å²) in [5, 5.41) is 20.0. The summed E-state index contributed by atoms with van der Waals surface area (Å²) in [4.78, 5) is 10.9. The zero-order valence-corrected chi connectivity index (χ0v) is 19.2. The number of benzene rings is 1. The fraction of sp³-hybridized carbons (Fsp3) is 0.333. The van der Waals surface area contributed by atoms with Crippen LogP contribution in [0.5, 0.6) is 0 Å². The lowest BCUT2D eigenvalue weighted by molar-refractivity contribution is 0.0661. The van der Waals surface area contributed by atoms with Crippen molar-refractivity contribution >= 4 is 17.4 Å². The van der Waals surface area contributed by atoms with Gasteiger partial charge in [-0.2, -0.15) is 0 Å². The zero-order chi connectivity index (χ0) is 23.5. The topological polar surface area (TPSA) is 95.6 Å². The first kappa shape index (κ1) is 29.1. The van der Waals surface area contributed by atoms with Gasteiger partial charge in [-0.1, -0.05) is 58.6 Å². The molecule has 2 rings (SSSR count). The molecule has 0 fully saturated rings. The molecule has 3 N–H and O–H groups in total. The van der Waals surface area contributed by atoms with E-state index in [1.165, 1.54) is 6.07 Å². The van der Waals surface area contributed by atoms with Crippen LogP contribution < -0.4 is 5.32 Å². The Morgan fingerprint density at radius 3 is 2.17 bits per heavy atom. The van der Waals surface area contributed by atoms with Gasteiger partial charge in [-0.3, -0.25) is 0 Å². The van der Waals surface area contributed by atoms with Crippen LogP contribution in [0.3, 0.4) is 0 Å². The second-order valence-corrected chi connectivity index (χ2v) is 5.34. The van der Waals surface area contributed by atoms with Crippen LogP contribution in [0.25, 0.3) is 0 Å². The maximum Gasteiger partial charge on any atom is 0.371 e. The minimum absolute atomic E-state index is 0.0582. The smallest absolute Gasteiger partial charge is 0.371 e. The maximum atomic E-state index is 10.9. The molecule has 0 aliphatic carbocycles. The summed E-state index contributed by atoms with van der Waals surface area (Å²) >= 11 is 0. The van der Waals surface area contributed by atoms with Crippen LogP contribution in [-0.2, 0) is 11.3 Å². The number of hydrogen-bond acceptors (Lipinski definition) is 5. The fourth-order valence-corrected chi connectivity index (χ4v) is 2.03. The average Bonchev–Trinajstić information content (AvgIpc) is 3.15. The summed E-state index contributed by atoms with van der Waals surface area (Å²) in [5.74, 6) is -0.547. The van der Waals surface area contributed by atoms with E-state index in [1.54, 1.807) is 39.4 Å². The van der Waals surface area contributed by atoms with Crippen molar-refractivity contribution in [1.82, 2.24) is 0 Å². The maximum absolute atomic E-state index is 10.9. The summed E-state index contributed by atoms with van der Waals surface area (Å²) in [5.41, 5.74) is 2.90. The number of hydrogen-bond donors (Lipinski definition) is 3. The molecule has 0 spiro atoms. The number of aryl methyl sites for hydroxylation is 1. The Labute approximate surface area is 180 Å². The molecule has 0 atom stereocenters. The van der Waals surface area contributed by atoms with Gasteiger partial charge in [0, 0.05) is 32.0 Å². The number of nitrogens with one attached hydrogen (secondary N) is 2. The zero-order valence-electron chi connectivity index (χ0n) is 19.2. The van der Waals surface area contributed by atoms with Crippen LogP contribution in [-0.4, -0.2) is 31.0 Å². The fourth-order valence-electron chi connectivity index (χ4n) is 2.03. The van der Waals surface area contributed by atoms with Crippen molar-refractivity contribution < 1.29 is 19.1 Å². The van der Waals surface area contributed by atoms with Gasteiger partial charge in [-0.15, -0.1) is 0 Å². The lowest BCUT2D eigenvalue weighted by atomic mass is 10.1. The van der Waals surface area contributed by atoms with Crippen LogP contribution in [0, 0.1) is 12.3 Å². The summed E-state index contributed by atoms with van der Waals surface area (Å²) in [6.45, 7) is 13.8. The normalized spacial score (nSPS) is 9.17. The molecule has 2 aromatic rings. The van der Waals surface area contributed by atoms with E-state index in [1.807, 2.05) is 52.0 Å². The third-order valence-electron chi connectivity index (χ3n) is 3.31. The number of ether oxygens (including phenoxy) is 1. The molecule has 1 aromatic heterocycles. The number of furan rings is 1. The molecule has 6 heteroatoms. The molecule has 0 unspecified atom stereocenters. The molecule has 0 aliphatic heterocycles. The third kappa shape index (κ3) is 11.0. The second-order valence-electron chi connectivity index (χ2n) is 5.34. The number of carbonyl (C=O) groups is 1. The Morgan fingerprint density at radius 2 is 1.73 bits per heavy atom. The average molecular weight is 417 g/mol. The van der Waals surface area contributed by atoms with Crippen LogP contribution in [0.2, 0.25) is 0 Å². The SMILES string of the molecule is C=C/C=C\C(=N)c1ccc(NCc2cc(C(=O)O)oc2C)cc1.CC.CC.COC. The molecule has 6 nitrogen and oxygen atoms in total. The number of anilines is 1. The highest BCUT2D eigenvalue weighted by Crippen LogP contribution is 2.17. The molecule has 0 amide bonds. The largest absolute Gasteiger partial charge is 0.475 e. The van der Waals surface area contributed by atoms with E-state index >= 15 is 0 Å². The molecule has 30 heavy (non-hydrogen) atoms. The van der Waals surface area contributed by atoms with Crippen molar-refractivity contribution in [3.63, 3.8) is 0 Å². The van der Waals surface area contributed by atoms with E-state index in [4.69, 9.17) is 14.9 Å². The van der Waals surface area contributed by atoms with Gasteiger partial charge in [0.1, 0.15) is 5.76 Å². The Hall–Kier alpha value is -3.12. The molecular weight excluding hydrogens is 380 g/mol. The van der Waals surface area contributed by atoms with Crippen molar-refractivity contribution in [2.75, 3.05) is 19.5 Å². The lowest BCUT2D eigenvalue weighted by Crippen LogP contribution is -2.01. The van der Waals surface area contributed by atoms with Crippen molar-refractivity contribution in [2.24, 2.45) is 0 Å². The van der Waals surface area contributed by atoms with Crippen LogP contribution >= 0.6 is 0 Å². The molecule has 1 heterocycles. The molecule has 0 bridgehead atoms. The minimum atomic E-state index is -1.07. The molecule has 0 radical (unpaired) electrons. The highest BCUT2D eigenvalue weighted by Gasteiger charge is 2.12. The molecule has 166 valence electrons. The van der Waals surface area contributed by atoms with Crippen molar-refractivity contribution in [3.05, 3.63) is 77.8 Å². The van der Waals surface area contributed by atoms with E-state index in [2.05, 4.69) is 16.6 Å². The third-order valence-corrected chi connectivity index (χ3v) is 3.31. The van der Waals surface area contributed by atoms with Crippen molar-refractivity contribution in [2.45, 2.75) is 41.2 Å². The Bertz CT molecular complexity index is 775. The van der Waals surface area contributed by atoms with E-state index < -0.39 is 5.97 Å². The molecule has 1 aromatic carbocycles. The second kappa shape index (κ2) is 17.9. The van der Waals surface area contributed by atoms with Crippen LogP contribution in [0.15, 0.2) is 59.6 Å². The van der Waals surface area contributed by atoms with Gasteiger partial charge < -0.3 is 25.0 Å². The van der Waals surface area contributed by atoms with E-state index in [9.17, 15) is 4.79 Å². The Kier molecular flexibility index (Phi) is 17.4. The van der Waals surface area contributed by atoms with Gasteiger partial charge in [-0.05, 0) is 36.8 Å². The van der Waals surface area contributed by atoms with Gasteiger partial charge in [0.2, 0.25) is 5.76 Å². The standard InChI is InChI=1S/C18H18N2O3.C2H6O.2C2H6/c1-3-4-5-16(19)13-6-8-15(9-7-13)20-11-14-10-17(18(21)22)23-12(14)2;1-3-2;2*1-2/h3-10,19-20H,1,11H2,2H3,(H,21,22);1-2H3;2*1-2H3/b5-4-,19-16?;;;. The number of carboxylic acid groups (broad SMARTS) is 1. The number of carboxylic acids is 1. The number of rotatable bonds is 7. The van der Waals surface area contributed by atoms with Crippen LogP contribution in [0.1, 0.15) is 55.1 Å². The molecular formula is C24H36N2O4. The summed E-state index contributed by atoms with van der Waals surface area (Å²) in [7, 11) is 3.25. The van der Waals surface area contributed by atoms with Gasteiger partial charge >= 0.3 is 5.97 Å². The van der Waals surface area contributed by atoms with Gasteiger partial charge in [0.25, 0.3) is 0 Å². The summed E-state index contributed by atoms with van der Waals surface area (Å²) in [6.07, 6.45) is 5.02. The Balaban J connectivity index is 0. The molecule has 0 aliphatic rings. The lowest BCUT2D eigenvalue weighted by Gasteiger charge is -2.06. The Morgan fingerprint density at radius 1 is 1.20 bits per heavy atom. The highest BCUT2D eigenvalue weighted by atomic mass is 16.4. The molecule has 0 saturated heterocycles. The number of allylic oxidation sites excluding steroid dienone is 3. The van der Waals surface area contributed by atoms with E-state index in [0.29, 0.717) is 18.0 Å². The highest BCUT2D eigenvalue weighted by molar-refractivity contribution is 6.06. The van der Waals surface area contributed by atoms with E-state index in [-0.39, 0.29) is 5.76 Å². The van der Waals surface area contributed by atoms with Gasteiger partial charge in [0.05, 0.1) is 5.71 Å². The monoisotopic (exact) mass is 416 g/mol. The van der Waals surface area contributed by atoms with Crippen LogP contribution in [0.4, 0.5) is 5.69 Å². The van der Waals surface area contributed by atoms with Gasteiger partial charge in [0.15, 0.2) is 0 Å². The number of methoxy groups -OCH3 is 1. The number of aromatic carboxylic acids is 1.